The van der Waals surface area contributed by atoms with Crippen molar-refractivity contribution in [2.45, 2.75) is 38.3 Å². The molecule has 0 aliphatic carbocycles. The van der Waals surface area contributed by atoms with Crippen molar-refractivity contribution in [2.75, 3.05) is 13.1 Å². The summed E-state index contributed by atoms with van der Waals surface area (Å²) in [6.07, 6.45) is 0.273. The van der Waals surface area contributed by atoms with Crippen LogP contribution in [-0.2, 0) is 15.0 Å². The van der Waals surface area contributed by atoms with Gasteiger partial charge in [0.05, 0.1) is 0 Å². The third-order valence-corrected chi connectivity index (χ3v) is 4.89. The first-order valence-corrected chi connectivity index (χ1v) is 7.41. The summed E-state index contributed by atoms with van der Waals surface area (Å²) < 4.78 is 28.0. The largest absolute Gasteiger partial charge is 0.322 e. The first-order valence-electron chi connectivity index (χ1n) is 5.97. The number of nitrogens with zero attached hydrogens (tertiary/aromatic N) is 1. The van der Waals surface area contributed by atoms with Gasteiger partial charge in [-0.25, -0.2) is 4.79 Å². The minimum Gasteiger partial charge on any atom is -0.322 e. The van der Waals surface area contributed by atoms with Crippen LogP contribution in [0, 0.1) is 0 Å². The van der Waals surface area contributed by atoms with E-state index in [1.165, 1.54) is 4.31 Å². The highest BCUT2D eigenvalue weighted by molar-refractivity contribution is 7.87. The number of hydrogen-bond acceptors (Lipinski definition) is 4. The lowest BCUT2D eigenvalue weighted by Gasteiger charge is -2.26. The lowest BCUT2D eigenvalue weighted by atomic mass is 10.00. The lowest BCUT2D eigenvalue weighted by Crippen LogP contribution is -2.53. The molecule has 19 heavy (non-hydrogen) atoms. The van der Waals surface area contributed by atoms with Crippen LogP contribution in [0.15, 0.2) is 0 Å². The van der Waals surface area contributed by atoms with E-state index in [0.717, 1.165) is 0 Å². The summed E-state index contributed by atoms with van der Waals surface area (Å²) in [7, 11) is -3.67. The van der Waals surface area contributed by atoms with Crippen LogP contribution in [0.1, 0.15) is 27.2 Å². The van der Waals surface area contributed by atoms with Gasteiger partial charge in [-0.3, -0.25) is 10.1 Å². The molecule has 1 atom stereocenters. The summed E-state index contributed by atoms with van der Waals surface area (Å²) >= 11 is 0. The Morgan fingerprint density at radius 3 is 2.42 bits per heavy atom. The van der Waals surface area contributed by atoms with Crippen molar-refractivity contribution >= 4 is 22.1 Å². The number of nitrogens with one attached hydrogen (secondary N) is 3. The Balaban J connectivity index is 2.15. The molecule has 2 aliphatic heterocycles. The number of urea groups is 1. The van der Waals surface area contributed by atoms with Gasteiger partial charge in [0.15, 0.2) is 0 Å². The summed E-state index contributed by atoms with van der Waals surface area (Å²) in [6, 6.07) is -0.576. The van der Waals surface area contributed by atoms with E-state index in [4.69, 9.17) is 0 Å². The van der Waals surface area contributed by atoms with E-state index in [1.807, 2.05) is 0 Å². The first kappa shape index (κ1) is 14.2. The number of imide groups is 1. The Hall–Kier alpha value is -1.19. The molecule has 3 N–H and O–H groups in total. The smallest absolute Gasteiger partial charge is 0.322 e. The summed E-state index contributed by atoms with van der Waals surface area (Å²) in [5.41, 5.74) is -1.72. The Kier molecular flexibility index (Phi) is 3.11. The summed E-state index contributed by atoms with van der Waals surface area (Å²) in [5.74, 6) is -0.467. The van der Waals surface area contributed by atoms with Gasteiger partial charge in [0.1, 0.15) is 5.54 Å². The standard InChI is InChI=1S/C10H18N4O4S/c1-9(2,3)13-19(17,18)14-5-4-10(6-14)7(15)11-8(16)12-10/h13H,4-6H2,1-3H3,(H2,11,12,15,16). The SMILES string of the molecule is CC(C)(C)NS(=O)(=O)N1CCC2(C1)NC(=O)NC2=O. The second kappa shape index (κ2) is 4.15. The highest BCUT2D eigenvalue weighted by atomic mass is 32.2. The van der Waals surface area contributed by atoms with Crippen molar-refractivity contribution in [2.24, 2.45) is 0 Å². The average molecular weight is 290 g/mol. The maximum absolute atomic E-state index is 12.1. The highest BCUT2D eigenvalue weighted by Crippen LogP contribution is 2.26. The maximum atomic E-state index is 12.1. The van der Waals surface area contributed by atoms with E-state index in [-0.39, 0.29) is 19.5 Å². The molecule has 0 aromatic rings. The molecule has 2 heterocycles. The van der Waals surface area contributed by atoms with Crippen LogP contribution in [0.25, 0.3) is 0 Å². The molecule has 1 unspecified atom stereocenters. The minimum absolute atomic E-state index is 0.0456. The molecule has 2 saturated heterocycles. The van der Waals surface area contributed by atoms with E-state index in [9.17, 15) is 18.0 Å². The Morgan fingerprint density at radius 1 is 1.32 bits per heavy atom. The third kappa shape index (κ3) is 2.72. The van der Waals surface area contributed by atoms with Crippen LogP contribution in [0.5, 0.6) is 0 Å². The van der Waals surface area contributed by atoms with Gasteiger partial charge in [-0.2, -0.15) is 17.4 Å². The molecule has 2 aliphatic rings. The molecular formula is C10H18N4O4S. The fraction of sp³-hybridized carbons (Fsp3) is 0.800. The van der Waals surface area contributed by atoms with Gasteiger partial charge in [0.2, 0.25) is 0 Å². The Labute approximate surface area is 112 Å². The fourth-order valence-electron chi connectivity index (χ4n) is 2.25. The van der Waals surface area contributed by atoms with Crippen molar-refractivity contribution in [1.82, 2.24) is 19.7 Å². The highest BCUT2D eigenvalue weighted by Gasteiger charge is 2.53. The second-order valence-electron chi connectivity index (χ2n) is 5.93. The normalized spacial score (nSPS) is 28.8. The average Bonchev–Trinajstić information content (AvgIpc) is 2.69. The van der Waals surface area contributed by atoms with Crippen molar-refractivity contribution in [1.29, 1.82) is 0 Å². The van der Waals surface area contributed by atoms with Crippen LogP contribution in [0.2, 0.25) is 0 Å². The number of hydrogen-bond donors (Lipinski definition) is 3. The molecule has 8 nitrogen and oxygen atoms in total. The predicted molar refractivity (Wildman–Crippen MR) is 67.4 cm³/mol. The number of amides is 3. The molecule has 0 bridgehead atoms. The molecule has 0 aromatic carbocycles. The molecule has 2 rings (SSSR count). The van der Waals surface area contributed by atoms with Gasteiger partial charge >= 0.3 is 6.03 Å². The molecule has 9 heteroatoms. The van der Waals surface area contributed by atoms with Crippen molar-refractivity contribution in [3.8, 4) is 0 Å². The molecule has 0 saturated carbocycles. The Morgan fingerprint density at radius 2 is 1.95 bits per heavy atom. The van der Waals surface area contributed by atoms with E-state index in [0.29, 0.717) is 0 Å². The molecule has 2 fully saturated rings. The quantitative estimate of drug-likeness (QED) is 0.561. The van der Waals surface area contributed by atoms with E-state index < -0.39 is 33.2 Å². The zero-order valence-corrected chi connectivity index (χ0v) is 11.9. The van der Waals surface area contributed by atoms with Crippen molar-refractivity contribution in [3.63, 3.8) is 0 Å². The molecule has 0 aromatic heterocycles. The van der Waals surface area contributed by atoms with Gasteiger partial charge in [0, 0.05) is 18.6 Å². The van der Waals surface area contributed by atoms with Gasteiger partial charge in [-0.1, -0.05) is 0 Å². The molecule has 3 amide bonds. The van der Waals surface area contributed by atoms with E-state index in [2.05, 4.69) is 15.4 Å². The predicted octanol–water partition coefficient (Wildman–Crippen LogP) is -1.10. The summed E-state index contributed by atoms with van der Waals surface area (Å²) in [4.78, 5) is 22.9. The van der Waals surface area contributed by atoms with Crippen LogP contribution in [-0.4, -0.2) is 48.8 Å². The third-order valence-electron chi connectivity index (χ3n) is 3.02. The van der Waals surface area contributed by atoms with E-state index in [1.54, 1.807) is 20.8 Å². The monoisotopic (exact) mass is 290 g/mol. The fourth-order valence-corrected chi connectivity index (χ4v) is 3.87. The lowest BCUT2D eigenvalue weighted by molar-refractivity contribution is -0.123. The second-order valence-corrected chi connectivity index (χ2v) is 7.60. The zero-order chi connectivity index (χ0) is 14.5. The number of carbonyl (C=O) groups excluding carboxylic acids is 2. The van der Waals surface area contributed by atoms with Gasteiger partial charge in [-0.05, 0) is 27.2 Å². The zero-order valence-electron chi connectivity index (χ0n) is 11.1. The van der Waals surface area contributed by atoms with Crippen LogP contribution in [0.4, 0.5) is 4.79 Å². The Bertz CT molecular complexity index is 524. The van der Waals surface area contributed by atoms with Gasteiger partial charge in [-0.15, -0.1) is 0 Å². The van der Waals surface area contributed by atoms with Crippen LogP contribution >= 0.6 is 0 Å². The summed E-state index contributed by atoms with van der Waals surface area (Å²) in [6.45, 7) is 5.36. The number of carbonyl (C=O) groups is 2. The topological polar surface area (TPSA) is 108 Å². The number of rotatable bonds is 2. The molecule has 108 valence electrons. The molecule has 1 spiro atoms. The van der Waals surface area contributed by atoms with Crippen molar-refractivity contribution in [3.05, 3.63) is 0 Å². The van der Waals surface area contributed by atoms with Gasteiger partial charge < -0.3 is 5.32 Å². The maximum Gasteiger partial charge on any atom is 0.322 e. The summed E-state index contributed by atoms with van der Waals surface area (Å²) in [5, 5.41) is 4.65. The van der Waals surface area contributed by atoms with Crippen LogP contribution < -0.4 is 15.4 Å². The van der Waals surface area contributed by atoms with Crippen LogP contribution in [0.3, 0.4) is 0 Å². The first-order chi connectivity index (χ1) is 8.54. The molecule has 0 radical (unpaired) electrons. The van der Waals surface area contributed by atoms with E-state index >= 15 is 0 Å². The van der Waals surface area contributed by atoms with Crippen molar-refractivity contribution < 1.29 is 18.0 Å². The molecular weight excluding hydrogens is 272 g/mol. The van der Waals surface area contributed by atoms with Gasteiger partial charge in [0.25, 0.3) is 16.1 Å². The minimum atomic E-state index is -3.67.